The zero-order chi connectivity index (χ0) is 24.1. The summed E-state index contributed by atoms with van der Waals surface area (Å²) in [6.07, 6.45) is 3.10. The number of esters is 1. The number of aromatic hydroxyl groups is 1. The van der Waals surface area contributed by atoms with Crippen LogP contribution in [0.25, 0.3) is 0 Å². The average Bonchev–Trinajstić information content (AvgIpc) is 2.77. The number of hydrogen-bond donors (Lipinski definition) is 6. The van der Waals surface area contributed by atoms with Crippen molar-refractivity contribution in [3.63, 3.8) is 0 Å². The summed E-state index contributed by atoms with van der Waals surface area (Å²) in [5.74, 6) is -1.72. The van der Waals surface area contributed by atoms with Crippen molar-refractivity contribution in [1.29, 1.82) is 0 Å². The molecule has 2 saturated carbocycles. The van der Waals surface area contributed by atoms with Gasteiger partial charge in [0.05, 0.1) is 12.0 Å². The first kappa shape index (κ1) is 23.9. The van der Waals surface area contributed by atoms with Gasteiger partial charge in [-0.15, -0.1) is 0 Å². The van der Waals surface area contributed by atoms with Crippen molar-refractivity contribution in [1.82, 2.24) is 4.98 Å². The van der Waals surface area contributed by atoms with Crippen molar-refractivity contribution in [2.45, 2.75) is 69.9 Å². The summed E-state index contributed by atoms with van der Waals surface area (Å²) < 4.78 is 5.45. The quantitative estimate of drug-likeness (QED) is 0.285. The van der Waals surface area contributed by atoms with Gasteiger partial charge in [-0.1, -0.05) is 32.4 Å². The summed E-state index contributed by atoms with van der Waals surface area (Å²) in [6, 6.07) is 0. The summed E-state index contributed by atoms with van der Waals surface area (Å²) in [5.41, 5.74) is -3.30. The standard InChI is InChI=1S/C24H33NO8/c1-11-3-6-14-13(9-11)5-4-12(2)17(14)23(31)33-20-18(27)15(10-25-22(20)30)24(32)8-7-16(26)19(28)21(24)29/h4-5,10-14,16-17,19,21,26,28-29,32H,3,6-9H2,1-2H3,(H2,25,27,30)/t11-,12-,13-,14-,16-,17-,19+,21-,24+/m1/s1. The van der Waals surface area contributed by atoms with Gasteiger partial charge in [0.25, 0.3) is 5.56 Å². The van der Waals surface area contributed by atoms with Crippen LogP contribution < -0.4 is 10.3 Å². The second-order valence-electron chi connectivity index (χ2n) is 10.1. The van der Waals surface area contributed by atoms with Crippen molar-refractivity contribution in [2.75, 3.05) is 0 Å². The van der Waals surface area contributed by atoms with Crippen molar-refractivity contribution >= 4 is 5.97 Å². The van der Waals surface area contributed by atoms with Crippen LogP contribution in [0.1, 0.15) is 51.5 Å². The predicted octanol–water partition coefficient (Wildman–Crippen LogP) is 0.925. The van der Waals surface area contributed by atoms with Gasteiger partial charge in [0.2, 0.25) is 5.75 Å². The van der Waals surface area contributed by atoms with Crippen molar-refractivity contribution in [3.05, 3.63) is 34.3 Å². The van der Waals surface area contributed by atoms with Crippen LogP contribution in [0.15, 0.2) is 23.1 Å². The molecular formula is C24H33NO8. The van der Waals surface area contributed by atoms with Gasteiger partial charge in [0.15, 0.2) is 5.75 Å². The first-order chi connectivity index (χ1) is 15.5. The lowest BCUT2D eigenvalue weighted by Crippen LogP contribution is -2.55. The third-order valence-corrected chi connectivity index (χ3v) is 7.90. The van der Waals surface area contributed by atoms with Crippen LogP contribution in [0.4, 0.5) is 0 Å². The van der Waals surface area contributed by atoms with E-state index in [0.717, 1.165) is 25.5 Å². The number of aromatic amines is 1. The van der Waals surface area contributed by atoms with E-state index in [1.165, 1.54) is 0 Å². The lowest BCUT2D eigenvalue weighted by atomic mass is 9.63. The van der Waals surface area contributed by atoms with E-state index >= 15 is 0 Å². The summed E-state index contributed by atoms with van der Waals surface area (Å²) in [4.78, 5) is 28.0. The minimum Gasteiger partial charge on any atom is -0.504 e. The number of rotatable bonds is 3. The summed E-state index contributed by atoms with van der Waals surface area (Å²) in [5, 5.41) is 52.1. The fraction of sp³-hybridized carbons (Fsp3) is 0.667. The lowest BCUT2D eigenvalue weighted by Gasteiger charge is -2.42. The Kier molecular flexibility index (Phi) is 6.43. The minimum atomic E-state index is -2.15. The number of aromatic nitrogens is 1. The van der Waals surface area contributed by atoms with Crippen LogP contribution >= 0.6 is 0 Å². The van der Waals surface area contributed by atoms with Crippen molar-refractivity contribution in [3.8, 4) is 11.5 Å². The molecule has 0 radical (unpaired) electrons. The van der Waals surface area contributed by atoms with Crippen LogP contribution in [-0.4, -0.2) is 54.8 Å². The molecule has 33 heavy (non-hydrogen) atoms. The maximum Gasteiger partial charge on any atom is 0.315 e. The van der Waals surface area contributed by atoms with Crippen molar-refractivity contribution in [2.24, 2.45) is 29.6 Å². The molecule has 0 unspecified atom stereocenters. The van der Waals surface area contributed by atoms with E-state index in [-0.39, 0.29) is 36.2 Å². The number of hydrogen-bond acceptors (Lipinski definition) is 8. The first-order valence-electron chi connectivity index (χ1n) is 11.7. The first-order valence-corrected chi connectivity index (χ1v) is 11.7. The number of H-pyrrole nitrogens is 1. The zero-order valence-corrected chi connectivity index (χ0v) is 18.8. The minimum absolute atomic E-state index is 0.0458. The molecular weight excluding hydrogens is 430 g/mol. The molecule has 9 heteroatoms. The number of pyridine rings is 1. The average molecular weight is 464 g/mol. The highest BCUT2D eigenvalue weighted by molar-refractivity contribution is 5.77. The van der Waals surface area contributed by atoms with E-state index in [2.05, 4.69) is 18.0 Å². The lowest BCUT2D eigenvalue weighted by molar-refractivity contribution is -0.190. The molecule has 0 amide bonds. The fourth-order valence-corrected chi connectivity index (χ4v) is 5.90. The highest BCUT2D eigenvalue weighted by Gasteiger charge is 2.50. The van der Waals surface area contributed by atoms with Gasteiger partial charge in [-0.3, -0.25) is 9.59 Å². The molecule has 0 aromatic carbocycles. The molecule has 1 aromatic heterocycles. The maximum absolute atomic E-state index is 13.2. The van der Waals surface area contributed by atoms with Crippen molar-refractivity contribution < 1.29 is 35.1 Å². The molecule has 0 saturated heterocycles. The topological polar surface area (TPSA) is 160 Å². The number of aliphatic hydroxyl groups is 4. The van der Waals surface area contributed by atoms with E-state index in [9.17, 15) is 35.1 Å². The second kappa shape index (κ2) is 8.87. The number of ether oxygens (including phenoxy) is 1. The van der Waals surface area contributed by atoms with Gasteiger partial charge < -0.3 is 35.3 Å². The highest BCUT2D eigenvalue weighted by Crippen LogP contribution is 2.46. The van der Waals surface area contributed by atoms with Crippen LogP contribution in [0.3, 0.4) is 0 Å². The van der Waals surface area contributed by atoms with Gasteiger partial charge in [0, 0.05) is 11.8 Å². The Balaban J connectivity index is 1.63. The van der Waals surface area contributed by atoms with Gasteiger partial charge in [-0.25, -0.2) is 0 Å². The number of nitrogens with one attached hydrogen (secondary N) is 1. The molecule has 0 aliphatic heterocycles. The SMILES string of the molecule is C[C@@H]1CC[C@H]2[C@H](C(=O)Oc3c(O)c([C@@]4(O)CC[C@@H](O)[C@H](O)[C@H]4O)c[nH]c3=O)[C@H](C)C=C[C@@H]2C1. The molecule has 0 bridgehead atoms. The number of aliphatic hydroxyl groups excluding tert-OH is 3. The van der Waals surface area contributed by atoms with E-state index in [4.69, 9.17) is 4.74 Å². The Hall–Kier alpha value is -2.20. The molecule has 1 heterocycles. The Morgan fingerprint density at radius 3 is 2.61 bits per heavy atom. The largest absolute Gasteiger partial charge is 0.504 e. The number of allylic oxidation sites excluding steroid dienone is 2. The second-order valence-corrected chi connectivity index (χ2v) is 10.1. The Morgan fingerprint density at radius 1 is 1.15 bits per heavy atom. The number of carbonyl (C=O) groups excluding carboxylic acids is 1. The van der Waals surface area contributed by atoms with E-state index in [1.807, 2.05) is 13.0 Å². The van der Waals surface area contributed by atoms with E-state index in [0.29, 0.717) is 5.92 Å². The van der Waals surface area contributed by atoms with Gasteiger partial charge >= 0.3 is 5.97 Å². The molecule has 3 aliphatic carbocycles. The summed E-state index contributed by atoms with van der Waals surface area (Å²) >= 11 is 0. The summed E-state index contributed by atoms with van der Waals surface area (Å²) in [6.45, 7) is 4.11. The predicted molar refractivity (Wildman–Crippen MR) is 117 cm³/mol. The van der Waals surface area contributed by atoms with Crippen LogP contribution in [0.2, 0.25) is 0 Å². The van der Waals surface area contributed by atoms with E-state index in [1.54, 1.807) is 0 Å². The zero-order valence-electron chi connectivity index (χ0n) is 18.8. The van der Waals surface area contributed by atoms with Gasteiger partial charge in [-0.2, -0.15) is 0 Å². The number of fused-ring (bicyclic) bond motifs is 1. The molecule has 1 aromatic rings. The normalized spacial score (nSPS) is 40.8. The molecule has 3 aliphatic rings. The molecule has 9 atom stereocenters. The third kappa shape index (κ3) is 4.12. The van der Waals surface area contributed by atoms with E-state index < -0.39 is 52.9 Å². The Labute approximate surface area is 191 Å². The number of carbonyl (C=O) groups is 1. The maximum atomic E-state index is 13.2. The van der Waals surface area contributed by atoms with Gasteiger partial charge in [-0.05, 0) is 49.4 Å². The molecule has 9 nitrogen and oxygen atoms in total. The molecule has 4 rings (SSSR count). The fourth-order valence-electron chi connectivity index (χ4n) is 5.90. The van der Waals surface area contributed by atoms with Crippen LogP contribution in [-0.2, 0) is 10.4 Å². The van der Waals surface area contributed by atoms with Gasteiger partial charge in [0.1, 0.15) is 17.8 Å². The highest BCUT2D eigenvalue weighted by atomic mass is 16.5. The third-order valence-electron chi connectivity index (χ3n) is 7.90. The Bertz CT molecular complexity index is 989. The molecule has 182 valence electrons. The molecule has 6 N–H and O–H groups in total. The van der Waals surface area contributed by atoms with Crippen LogP contribution in [0, 0.1) is 29.6 Å². The van der Waals surface area contributed by atoms with Crippen LogP contribution in [0.5, 0.6) is 11.5 Å². The Morgan fingerprint density at radius 2 is 1.88 bits per heavy atom. The molecule has 2 fully saturated rings. The monoisotopic (exact) mass is 463 g/mol. The smallest absolute Gasteiger partial charge is 0.315 e. The summed E-state index contributed by atoms with van der Waals surface area (Å²) in [7, 11) is 0. The molecule has 0 spiro atoms.